The van der Waals surface area contributed by atoms with Crippen molar-refractivity contribution in [3.8, 4) is 0 Å². The Labute approximate surface area is 69.6 Å². The van der Waals surface area contributed by atoms with Gasteiger partial charge in [-0.2, -0.15) is 0 Å². The molecule has 1 unspecified atom stereocenters. The summed E-state index contributed by atoms with van der Waals surface area (Å²) in [5.41, 5.74) is 1.46. The smallest absolute Gasteiger partial charge is 0.330 e. The summed E-state index contributed by atoms with van der Waals surface area (Å²) >= 11 is 0. The number of nitrogens with two attached hydrogens (primary N) is 1. The monoisotopic (exact) mass is 181 g/mol. The van der Waals surface area contributed by atoms with Gasteiger partial charge in [0, 0.05) is 0 Å². The number of rotatable bonds is 2. The zero-order valence-corrected chi connectivity index (χ0v) is 7.27. The van der Waals surface area contributed by atoms with Crippen LogP contribution in [0.2, 0.25) is 0 Å². The second kappa shape index (κ2) is 2.97. The molecule has 0 aliphatic heterocycles. The number of carboxylic acids is 1. The van der Waals surface area contributed by atoms with E-state index in [1.807, 2.05) is 0 Å². The fourth-order valence-corrected chi connectivity index (χ4v) is 0.741. The largest absolute Gasteiger partial charge is 0.480 e. The first kappa shape index (κ1) is 11.3. The maximum absolute atomic E-state index is 12.3. The van der Waals surface area contributed by atoms with Crippen LogP contribution in [0, 0.1) is 5.41 Å². The van der Waals surface area contributed by atoms with Crippen molar-refractivity contribution in [3.05, 3.63) is 0 Å². The molecule has 0 radical (unpaired) electrons. The summed E-state index contributed by atoms with van der Waals surface area (Å²) in [6.45, 7) is 4.10. The molecule has 0 aromatic rings. The average Bonchev–Trinajstić information content (AvgIpc) is 1.82. The van der Waals surface area contributed by atoms with Gasteiger partial charge >= 0.3 is 5.97 Å². The third-order valence-corrected chi connectivity index (χ3v) is 1.94. The van der Waals surface area contributed by atoms with Crippen molar-refractivity contribution >= 4 is 5.97 Å². The van der Waals surface area contributed by atoms with E-state index in [4.69, 9.17) is 10.8 Å². The summed E-state index contributed by atoms with van der Waals surface area (Å²) in [7, 11) is 0. The molecule has 3 N–H and O–H groups in total. The van der Waals surface area contributed by atoms with E-state index in [1.165, 1.54) is 20.8 Å². The van der Waals surface area contributed by atoms with Crippen molar-refractivity contribution in [2.45, 2.75) is 32.7 Å². The van der Waals surface area contributed by atoms with Crippen LogP contribution in [0.15, 0.2) is 0 Å². The molecule has 0 heterocycles. The van der Waals surface area contributed by atoms with Crippen LogP contribution in [0.5, 0.6) is 0 Å². The van der Waals surface area contributed by atoms with Crippen LogP contribution < -0.4 is 5.73 Å². The molecule has 12 heavy (non-hydrogen) atoms. The SMILES string of the molecule is CC(C)(C)C(N)(C(=O)O)C(F)F. The Balaban J connectivity index is 5.02. The number of carboxylic acid groups (broad SMARTS) is 1. The lowest BCUT2D eigenvalue weighted by atomic mass is 9.74. The minimum Gasteiger partial charge on any atom is -0.480 e. The van der Waals surface area contributed by atoms with Crippen LogP contribution in [0.1, 0.15) is 20.8 Å². The molecule has 3 nitrogen and oxygen atoms in total. The van der Waals surface area contributed by atoms with Gasteiger partial charge < -0.3 is 10.8 Å². The Bertz CT molecular complexity index is 188. The molecule has 0 saturated carbocycles. The van der Waals surface area contributed by atoms with E-state index >= 15 is 0 Å². The fourth-order valence-electron chi connectivity index (χ4n) is 0.741. The molecule has 0 aromatic heterocycles. The predicted molar refractivity (Wildman–Crippen MR) is 40.0 cm³/mol. The maximum atomic E-state index is 12.3. The van der Waals surface area contributed by atoms with Gasteiger partial charge in [-0.15, -0.1) is 0 Å². The maximum Gasteiger partial charge on any atom is 0.330 e. The van der Waals surface area contributed by atoms with E-state index < -0.39 is 23.3 Å². The van der Waals surface area contributed by atoms with E-state index in [0.29, 0.717) is 0 Å². The summed E-state index contributed by atoms with van der Waals surface area (Å²) in [5.74, 6) is -1.68. The summed E-state index contributed by atoms with van der Waals surface area (Å²) in [6, 6.07) is 0. The molecule has 0 aliphatic carbocycles. The highest BCUT2D eigenvalue weighted by molar-refractivity contribution is 5.80. The lowest BCUT2D eigenvalue weighted by molar-refractivity contribution is -0.157. The van der Waals surface area contributed by atoms with Crippen LogP contribution >= 0.6 is 0 Å². The highest BCUT2D eigenvalue weighted by Crippen LogP contribution is 2.33. The van der Waals surface area contributed by atoms with Crippen LogP contribution in [-0.2, 0) is 4.79 Å². The molecular weight excluding hydrogens is 168 g/mol. The lowest BCUT2D eigenvalue weighted by Gasteiger charge is -2.36. The van der Waals surface area contributed by atoms with Crippen LogP contribution in [0.25, 0.3) is 0 Å². The molecule has 0 amide bonds. The summed E-state index contributed by atoms with van der Waals surface area (Å²) in [4.78, 5) is 10.5. The predicted octanol–water partition coefficient (Wildman–Crippen LogP) is 1.08. The third-order valence-electron chi connectivity index (χ3n) is 1.94. The van der Waals surface area contributed by atoms with Gasteiger partial charge in [-0.25, -0.2) is 13.6 Å². The minimum atomic E-state index is -3.07. The first-order valence-electron chi connectivity index (χ1n) is 3.44. The quantitative estimate of drug-likeness (QED) is 0.670. The minimum absolute atomic E-state index is 1.17. The number of hydrogen-bond donors (Lipinski definition) is 2. The Morgan fingerprint density at radius 3 is 1.75 bits per heavy atom. The molecule has 72 valence electrons. The van der Waals surface area contributed by atoms with E-state index in [9.17, 15) is 13.6 Å². The Kier molecular flexibility index (Phi) is 2.79. The average molecular weight is 181 g/mol. The molecule has 0 spiro atoms. The van der Waals surface area contributed by atoms with E-state index in [0.717, 1.165) is 0 Å². The van der Waals surface area contributed by atoms with Crippen molar-refractivity contribution in [2.75, 3.05) is 0 Å². The Morgan fingerprint density at radius 1 is 1.42 bits per heavy atom. The summed E-state index contributed by atoms with van der Waals surface area (Å²) in [5, 5.41) is 8.53. The first-order valence-corrected chi connectivity index (χ1v) is 3.44. The van der Waals surface area contributed by atoms with Gasteiger partial charge in [0.15, 0.2) is 5.54 Å². The standard InChI is InChI=1S/C7H13F2NO2/c1-6(2,3)7(10,4(8)9)5(11)12/h4H,10H2,1-3H3,(H,11,12). The van der Waals surface area contributed by atoms with Crippen molar-refractivity contribution < 1.29 is 18.7 Å². The highest BCUT2D eigenvalue weighted by Gasteiger charge is 2.53. The zero-order valence-electron chi connectivity index (χ0n) is 7.27. The van der Waals surface area contributed by atoms with Gasteiger partial charge in [0.1, 0.15) is 0 Å². The van der Waals surface area contributed by atoms with Gasteiger partial charge in [0.05, 0.1) is 0 Å². The number of hydrogen-bond acceptors (Lipinski definition) is 2. The second-order valence-corrected chi connectivity index (χ2v) is 3.72. The van der Waals surface area contributed by atoms with Gasteiger partial charge in [0.2, 0.25) is 0 Å². The lowest BCUT2D eigenvalue weighted by Crippen LogP contribution is -2.62. The summed E-state index contributed by atoms with van der Waals surface area (Å²) in [6.07, 6.45) is -3.07. The van der Waals surface area contributed by atoms with E-state index in [2.05, 4.69) is 0 Å². The molecule has 0 aromatic carbocycles. The molecule has 0 rings (SSSR count). The van der Waals surface area contributed by atoms with Crippen molar-refractivity contribution in [1.29, 1.82) is 0 Å². The van der Waals surface area contributed by atoms with Crippen molar-refractivity contribution in [3.63, 3.8) is 0 Å². The van der Waals surface area contributed by atoms with E-state index in [1.54, 1.807) is 0 Å². The Hall–Kier alpha value is -0.710. The highest BCUT2D eigenvalue weighted by atomic mass is 19.3. The normalized spacial score (nSPS) is 17.6. The number of halogens is 2. The summed E-state index contributed by atoms with van der Waals surface area (Å²) < 4.78 is 24.6. The van der Waals surface area contributed by atoms with Crippen molar-refractivity contribution in [1.82, 2.24) is 0 Å². The molecule has 1 atom stereocenters. The fraction of sp³-hybridized carbons (Fsp3) is 0.857. The van der Waals surface area contributed by atoms with Gasteiger partial charge in [-0.1, -0.05) is 20.8 Å². The zero-order chi connectivity index (χ0) is 10.2. The molecule has 0 saturated heterocycles. The molecule has 0 fully saturated rings. The molecule has 0 aliphatic rings. The van der Waals surface area contributed by atoms with Gasteiger partial charge in [0.25, 0.3) is 6.43 Å². The molecule has 5 heteroatoms. The second-order valence-electron chi connectivity index (χ2n) is 3.72. The van der Waals surface area contributed by atoms with Crippen molar-refractivity contribution in [2.24, 2.45) is 11.1 Å². The molecular formula is C7H13F2NO2. The number of alkyl halides is 2. The number of aliphatic carboxylic acids is 1. The molecule has 0 bridgehead atoms. The van der Waals surface area contributed by atoms with Crippen LogP contribution in [0.4, 0.5) is 8.78 Å². The van der Waals surface area contributed by atoms with Crippen LogP contribution in [0.3, 0.4) is 0 Å². The van der Waals surface area contributed by atoms with Crippen LogP contribution in [-0.4, -0.2) is 23.0 Å². The van der Waals surface area contributed by atoms with Gasteiger partial charge in [-0.3, -0.25) is 0 Å². The third kappa shape index (κ3) is 1.55. The van der Waals surface area contributed by atoms with Gasteiger partial charge in [-0.05, 0) is 5.41 Å². The number of carbonyl (C=O) groups is 1. The topological polar surface area (TPSA) is 63.3 Å². The Morgan fingerprint density at radius 2 is 1.75 bits per heavy atom. The van der Waals surface area contributed by atoms with E-state index in [-0.39, 0.29) is 0 Å². The first-order chi connectivity index (χ1) is 5.14.